The Morgan fingerprint density at radius 1 is 1.03 bits per heavy atom. The molecule has 2 aromatic heterocycles. The minimum absolute atomic E-state index is 0.0422. The monoisotopic (exact) mass is 895 g/mol. The molecule has 1 saturated heterocycles. The van der Waals surface area contributed by atoms with E-state index in [1.165, 1.54) is 29.4 Å². The smallest absolute Gasteiger partial charge is 0.408 e. The number of rotatable bonds is 14. The van der Waals surface area contributed by atoms with Gasteiger partial charge in [0.2, 0.25) is 27.7 Å². The van der Waals surface area contributed by atoms with Gasteiger partial charge in [0.1, 0.15) is 47.0 Å². The second-order valence-corrected chi connectivity index (χ2v) is 21.3. The van der Waals surface area contributed by atoms with Crippen LogP contribution in [0.15, 0.2) is 42.3 Å². The summed E-state index contributed by atoms with van der Waals surface area (Å²) in [7, 11) is -2.45. The van der Waals surface area contributed by atoms with Gasteiger partial charge in [-0.15, -0.1) is 17.9 Å². The van der Waals surface area contributed by atoms with Crippen LogP contribution < -0.4 is 30.1 Å². The largest absolute Gasteiger partial charge is 0.497 e. The molecule has 5 amide bonds. The Morgan fingerprint density at radius 2 is 1.74 bits per heavy atom. The lowest BCUT2D eigenvalue weighted by Gasteiger charge is -2.35. The summed E-state index contributed by atoms with van der Waals surface area (Å²) in [6, 6.07) is 4.61. The fraction of sp³-hybridized carbons (Fsp3) is 0.558. The minimum atomic E-state index is -3.98. The number of ether oxygens (including phenoxy) is 3. The van der Waals surface area contributed by atoms with Gasteiger partial charge in [-0.25, -0.2) is 23.2 Å². The predicted molar refractivity (Wildman–Crippen MR) is 234 cm³/mol. The van der Waals surface area contributed by atoms with Crippen LogP contribution in [0.3, 0.4) is 0 Å². The van der Waals surface area contributed by atoms with Crippen molar-refractivity contribution in [3.05, 3.63) is 42.3 Å². The first-order valence-corrected chi connectivity index (χ1v) is 23.4. The van der Waals surface area contributed by atoms with E-state index >= 15 is 0 Å². The molecule has 3 aliphatic rings. The maximum atomic E-state index is 14.8. The summed E-state index contributed by atoms with van der Waals surface area (Å²) in [5.74, 6) is -2.06. The molecule has 5 unspecified atom stereocenters. The maximum absolute atomic E-state index is 14.8. The van der Waals surface area contributed by atoms with Crippen molar-refractivity contribution in [2.45, 2.75) is 116 Å². The number of hydrogen-bond acceptors (Lipinski definition) is 13. The number of carbonyl (C=O) groups excluding carboxylic acids is 5. The van der Waals surface area contributed by atoms with Gasteiger partial charge in [0, 0.05) is 41.7 Å². The van der Waals surface area contributed by atoms with Gasteiger partial charge in [0.05, 0.1) is 31.1 Å². The van der Waals surface area contributed by atoms with Gasteiger partial charge in [-0.3, -0.25) is 23.9 Å². The molecule has 2 saturated carbocycles. The molecule has 0 bridgehead atoms. The van der Waals surface area contributed by atoms with Crippen molar-refractivity contribution in [3.63, 3.8) is 0 Å². The first-order valence-electron chi connectivity index (χ1n) is 20.6. The highest BCUT2D eigenvalue weighted by molar-refractivity contribution is 7.89. The number of benzene rings is 1. The SMILES string of the molecule is C=CC1CC1(NC(=O)C1CC(Oc2cc(-c3csc(NC(=O)CC(C)(C)C)n3)nc3cc(OC)ccc23)CN1C(=O)C(NC(=O)OC1CCCC1)C(C)(C)C)C(=O)NS(C)(=O)=O. The van der Waals surface area contributed by atoms with E-state index in [0.29, 0.717) is 45.3 Å². The van der Waals surface area contributed by atoms with Crippen molar-refractivity contribution in [3.8, 4) is 22.9 Å². The summed E-state index contributed by atoms with van der Waals surface area (Å²) in [6.45, 7) is 14.9. The van der Waals surface area contributed by atoms with E-state index in [1.54, 1.807) is 50.4 Å². The van der Waals surface area contributed by atoms with Crippen LogP contribution >= 0.6 is 11.3 Å². The number of fused-ring (bicyclic) bond motifs is 1. The van der Waals surface area contributed by atoms with E-state index in [9.17, 15) is 32.4 Å². The first kappa shape index (κ1) is 46.2. The number of pyridine rings is 1. The van der Waals surface area contributed by atoms with Crippen molar-refractivity contribution >= 4 is 67.1 Å². The number of thiazole rings is 1. The van der Waals surface area contributed by atoms with Crippen molar-refractivity contribution in [1.82, 2.24) is 30.2 Å². The number of aromatic nitrogens is 2. The molecule has 62 heavy (non-hydrogen) atoms. The van der Waals surface area contributed by atoms with Gasteiger partial charge in [-0.2, -0.15) is 0 Å². The molecule has 1 aromatic carbocycles. The standard InChI is InChI=1S/C43H57N7O10S2/c1-10-24-20-43(24,38(54)49-62(9,56)57)48-36(52)32-18-27(22-50(32)37(53)35(42(5,6)7)47-40(55)60-25-13-11-12-14-25)59-33-19-30(44-29-17-26(58-8)15-16-28(29)33)31-23-61-39(45-31)46-34(51)21-41(2,3)4/h10,15-17,19,23-25,27,32,35H,1,11-14,18,20-22H2,2-9H3,(H,47,55)(H,48,52)(H,49,54)(H,45,46,51). The number of sulfonamides is 1. The lowest BCUT2D eigenvalue weighted by molar-refractivity contribution is -0.143. The Balaban J connectivity index is 1.33. The molecule has 4 N–H and O–H groups in total. The van der Waals surface area contributed by atoms with Crippen molar-refractivity contribution < 1.29 is 46.6 Å². The third kappa shape index (κ3) is 11.0. The lowest BCUT2D eigenvalue weighted by Crippen LogP contribution is -2.60. The predicted octanol–water partition coefficient (Wildman–Crippen LogP) is 5.31. The number of methoxy groups -OCH3 is 1. The molecule has 3 heterocycles. The molecule has 6 rings (SSSR count). The number of likely N-dealkylation sites (tertiary alicyclic amines) is 1. The molecule has 0 spiro atoms. The zero-order valence-electron chi connectivity index (χ0n) is 36.5. The number of carbonyl (C=O) groups is 5. The van der Waals surface area contributed by atoms with Crippen LogP contribution in [0.4, 0.5) is 9.93 Å². The second kappa shape index (κ2) is 17.8. The van der Waals surface area contributed by atoms with Gasteiger partial charge in [-0.1, -0.05) is 47.6 Å². The maximum Gasteiger partial charge on any atom is 0.408 e. The Kier molecular flexibility index (Phi) is 13.3. The third-order valence-electron chi connectivity index (χ3n) is 11.1. The normalized spacial score (nSPS) is 22.1. The molecule has 5 atom stereocenters. The van der Waals surface area contributed by atoms with E-state index in [-0.39, 0.29) is 36.8 Å². The number of hydrogen-bond donors (Lipinski definition) is 4. The van der Waals surface area contributed by atoms with Crippen LogP contribution in [0.25, 0.3) is 22.3 Å². The molecule has 17 nitrogen and oxygen atoms in total. The average molecular weight is 896 g/mol. The van der Waals surface area contributed by atoms with Crippen LogP contribution in [0.5, 0.6) is 11.5 Å². The molecule has 336 valence electrons. The topological polar surface area (TPSA) is 224 Å². The van der Waals surface area contributed by atoms with Crippen LogP contribution in [-0.4, -0.2) is 103 Å². The van der Waals surface area contributed by atoms with Gasteiger partial charge in [0.25, 0.3) is 5.91 Å². The van der Waals surface area contributed by atoms with E-state index in [0.717, 1.165) is 31.9 Å². The Hall–Kier alpha value is -5.30. The molecule has 3 aromatic rings. The molecule has 2 aliphatic carbocycles. The summed E-state index contributed by atoms with van der Waals surface area (Å²) in [4.78, 5) is 79.3. The Labute approximate surface area is 366 Å². The summed E-state index contributed by atoms with van der Waals surface area (Å²) in [5.41, 5.74) is -1.28. The zero-order valence-corrected chi connectivity index (χ0v) is 38.1. The highest BCUT2D eigenvalue weighted by Crippen LogP contribution is 2.45. The Morgan fingerprint density at radius 3 is 2.35 bits per heavy atom. The van der Waals surface area contributed by atoms with E-state index in [4.69, 9.17) is 19.2 Å². The second-order valence-electron chi connectivity index (χ2n) is 18.7. The number of amides is 5. The zero-order chi connectivity index (χ0) is 45.4. The molecular formula is C43H57N7O10S2. The summed E-state index contributed by atoms with van der Waals surface area (Å²) in [5, 5.41) is 11.2. The van der Waals surface area contributed by atoms with Gasteiger partial charge >= 0.3 is 6.09 Å². The van der Waals surface area contributed by atoms with Crippen molar-refractivity contribution in [2.24, 2.45) is 16.7 Å². The first-order chi connectivity index (χ1) is 29.0. The van der Waals surface area contributed by atoms with Gasteiger partial charge in [0.15, 0.2) is 5.13 Å². The van der Waals surface area contributed by atoms with Crippen LogP contribution in [0, 0.1) is 16.7 Å². The number of anilines is 1. The highest BCUT2D eigenvalue weighted by Gasteiger charge is 2.61. The highest BCUT2D eigenvalue weighted by atomic mass is 32.2. The van der Waals surface area contributed by atoms with E-state index < -0.39 is 68.9 Å². The van der Waals surface area contributed by atoms with Crippen LogP contribution in [0.2, 0.25) is 0 Å². The quantitative estimate of drug-likeness (QED) is 0.151. The van der Waals surface area contributed by atoms with Crippen molar-refractivity contribution in [1.29, 1.82) is 0 Å². The average Bonchev–Trinajstić information content (AvgIpc) is 3.57. The van der Waals surface area contributed by atoms with E-state index in [1.807, 2.05) is 25.5 Å². The molecule has 3 fully saturated rings. The van der Waals surface area contributed by atoms with E-state index in [2.05, 4.69) is 27.5 Å². The lowest BCUT2D eigenvalue weighted by atomic mass is 9.85. The minimum Gasteiger partial charge on any atom is -0.497 e. The van der Waals surface area contributed by atoms with Gasteiger partial charge in [-0.05, 0) is 55.1 Å². The molecule has 1 aliphatic heterocycles. The number of alkyl carbamates (subject to hydrolysis) is 1. The van der Waals surface area contributed by atoms with Crippen LogP contribution in [-0.2, 0) is 33.9 Å². The Bertz CT molecular complexity index is 2350. The van der Waals surface area contributed by atoms with Gasteiger partial charge < -0.3 is 35.1 Å². The number of nitrogens with zero attached hydrogens (tertiary/aromatic N) is 3. The fourth-order valence-electron chi connectivity index (χ4n) is 7.90. The van der Waals surface area contributed by atoms with Crippen LogP contribution in [0.1, 0.15) is 86.5 Å². The fourth-order valence-corrected chi connectivity index (χ4v) is 9.14. The summed E-state index contributed by atoms with van der Waals surface area (Å²) in [6.07, 6.45) is 4.17. The molecule has 19 heteroatoms. The summed E-state index contributed by atoms with van der Waals surface area (Å²) >= 11 is 1.25. The molecular weight excluding hydrogens is 839 g/mol. The van der Waals surface area contributed by atoms with Crippen molar-refractivity contribution in [2.75, 3.05) is 25.2 Å². The third-order valence-corrected chi connectivity index (χ3v) is 12.4. The molecule has 0 radical (unpaired) electrons. The number of nitrogens with one attached hydrogen (secondary N) is 4. The summed E-state index contributed by atoms with van der Waals surface area (Å²) < 4.78 is 44.0.